The lowest BCUT2D eigenvalue weighted by atomic mass is 10.1. The maximum absolute atomic E-state index is 11.9. The molecule has 126 valence electrons. The fraction of sp³-hybridized carbons (Fsp3) is 0.529. The topological polar surface area (TPSA) is 63.6 Å². The van der Waals surface area contributed by atoms with E-state index in [1.807, 2.05) is 31.1 Å². The van der Waals surface area contributed by atoms with Crippen molar-refractivity contribution in [1.82, 2.24) is 14.8 Å². The molecule has 23 heavy (non-hydrogen) atoms. The van der Waals surface area contributed by atoms with Crippen LogP contribution in [0, 0.1) is 0 Å². The molecule has 0 saturated heterocycles. The highest BCUT2D eigenvalue weighted by Gasteiger charge is 2.22. The molecule has 2 rings (SSSR count). The van der Waals surface area contributed by atoms with E-state index >= 15 is 0 Å². The quantitative estimate of drug-likeness (QED) is 0.635. The van der Waals surface area contributed by atoms with Crippen molar-refractivity contribution in [2.45, 2.75) is 32.4 Å². The van der Waals surface area contributed by atoms with E-state index in [1.54, 1.807) is 6.08 Å². The molecular weight excluding hydrogens is 294 g/mol. The van der Waals surface area contributed by atoms with Crippen molar-refractivity contribution in [3.63, 3.8) is 0 Å². The molecule has 0 fully saturated rings. The molecule has 0 aromatic carbocycles. The van der Waals surface area contributed by atoms with Crippen LogP contribution in [0.1, 0.15) is 34.6 Å². The van der Waals surface area contributed by atoms with Crippen molar-refractivity contribution >= 4 is 11.9 Å². The van der Waals surface area contributed by atoms with Gasteiger partial charge < -0.3 is 19.5 Å². The molecule has 6 heteroatoms. The molecule has 0 bridgehead atoms. The second-order valence-electron chi connectivity index (χ2n) is 5.98. The zero-order chi connectivity index (χ0) is 16.8. The minimum atomic E-state index is -0.306. The summed E-state index contributed by atoms with van der Waals surface area (Å²) in [6, 6.07) is 1.84. The first-order valence-corrected chi connectivity index (χ1v) is 7.91. The molecular formula is C17H25N3O3. The second-order valence-corrected chi connectivity index (χ2v) is 5.98. The lowest BCUT2D eigenvalue weighted by Gasteiger charge is -2.18. The van der Waals surface area contributed by atoms with Crippen LogP contribution >= 0.6 is 0 Å². The van der Waals surface area contributed by atoms with Gasteiger partial charge in [0.05, 0.1) is 19.2 Å². The molecule has 0 radical (unpaired) electrons. The molecule has 2 heterocycles. The summed E-state index contributed by atoms with van der Waals surface area (Å²) in [4.78, 5) is 25.7. The van der Waals surface area contributed by atoms with Crippen LogP contribution in [-0.2, 0) is 29.0 Å². The zero-order valence-electron chi connectivity index (χ0n) is 14.1. The van der Waals surface area contributed by atoms with Crippen molar-refractivity contribution in [2.24, 2.45) is 0 Å². The zero-order valence-corrected chi connectivity index (χ0v) is 14.1. The van der Waals surface area contributed by atoms with Crippen LogP contribution in [0.3, 0.4) is 0 Å². The van der Waals surface area contributed by atoms with Gasteiger partial charge in [-0.2, -0.15) is 0 Å². The Morgan fingerprint density at radius 3 is 2.87 bits per heavy atom. The molecule has 0 spiro atoms. The average Bonchev–Trinajstić information content (AvgIpc) is 2.91. The van der Waals surface area contributed by atoms with Gasteiger partial charge in [0.1, 0.15) is 0 Å². The number of amides is 1. The Morgan fingerprint density at radius 1 is 1.39 bits per heavy atom. The van der Waals surface area contributed by atoms with Crippen molar-refractivity contribution in [2.75, 3.05) is 27.7 Å². The SMILES string of the molecule is COC(=O)c1cc(CNC(=O)/C=C/CN(C)C)n2c1CCCC2. The van der Waals surface area contributed by atoms with Gasteiger partial charge in [0.25, 0.3) is 0 Å². The fourth-order valence-electron chi connectivity index (χ4n) is 2.80. The van der Waals surface area contributed by atoms with E-state index in [2.05, 4.69) is 9.88 Å². The van der Waals surface area contributed by atoms with Crippen molar-refractivity contribution in [1.29, 1.82) is 0 Å². The Bertz CT molecular complexity index is 602. The van der Waals surface area contributed by atoms with E-state index in [-0.39, 0.29) is 11.9 Å². The molecule has 1 aromatic rings. The van der Waals surface area contributed by atoms with Gasteiger partial charge >= 0.3 is 5.97 Å². The minimum Gasteiger partial charge on any atom is -0.465 e. The highest BCUT2D eigenvalue weighted by Crippen LogP contribution is 2.24. The lowest BCUT2D eigenvalue weighted by Crippen LogP contribution is -2.24. The maximum Gasteiger partial charge on any atom is 0.339 e. The third kappa shape index (κ3) is 4.45. The summed E-state index contributed by atoms with van der Waals surface area (Å²) in [5.41, 5.74) is 2.60. The van der Waals surface area contributed by atoms with Crippen LogP contribution in [0.15, 0.2) is 18.2 Å². The molecule has 1 aromatic heterocycles. The Hall–Kier alpha value is -2.08. The average molecular weight is 319 g/mol. The van der Waals surface area contributed by atoms with E-state index in [4.69, 9.17) is 4.74 Å². The number of nitrogens with one attached hydrogen (secondary N) is 1. The Morgan fingerprint density at radius 2 is 2.17 bits per heavy atom. The summed E-state index contributed by atoms with van der Waals surface area (Å²) in [5, 5.41) is 2.88. The van der Waals surface area contributed by atoms with E-state index in [9.17, 15) is 9.59 Å². The van der Waals surface area contributed by atoms with Gasteiger partial charge in [-0.05, 0) is 39.4 Å². The molecule has 1 N–H and O–H groups in total. The van der Waals surface area contributed by atoms with Crippen LogP contribution in [0.2, 0.25) is 0 Å². The summed E-state index contributed by atoms with van der Waals surface area (Å²) in [6.07, 6.45) is 6.41. The number of ether oxygens (including phenoxy) is 1. The van der Waals surface area contributed by atoms with E-state index in [0.717, 1.165) is 43.7 Å². The van der Waals surface area contributed by atoms with Gasteiger partial charge in [-0.1, -0.05) is 6.08 Å². The monoisotopic (exact) mass is 319 g/mol. The summed E-state index contributed by atoms with van der Waals surface area (Å²) in [5.74, 6) is -0.433. The number of fused-ring (bicyclic) bond motifs is 1. The number of esters is 1. The number of hydrogen-bond donors (Lipinski definition) is 1. The number of nitrogens with zero attached hydrogens (tertiary/aromatic N) is 2. The molecule has 0 atom stereocenters. The van der Waals surface area contributed by atoms with Crippen molar-refractivity contribution in [3.8, 4) is 0 Å². The number of aromatic nitrogens is 1. The number of hydrogen-bond acceptors (Lipinski definition) is 4. The second kappa shape index (κ2) is 7.97. The Balaban J connectivity index is 2.05. The number of carbonyl (C=O) groups excluding carboxylic acids is 2. The molecule has 6 nitrogen and oxygen atoms in total. The van der Waals surface area contributed by atoms with Crippen LogP contribution in [0.5, 0.6) is 0 Å². The predicted octanol–water partition coefficient (Wildman–Crippen LogP) is 1.34. The minimum absolute atomic E-state index is 0.127. The van der Waals surface area contributed by atoms with Gasteiger partial charge in [-0.15, -0.1) is 0 Å². The highest BCUT2D eigenvalue weighted by molar-refractivity contribution is 5.91. The number of rotatable bonds is 6. The lowest BCUT2D eigenvalue weighted by molar-refractivity contribution is -0.116. The third-order valence-corrected chi connectivity index (χ3v) is 3.93. The summed E-state index contributed by atoms with van der Waals surface area (Å²) in [6.45, 7) is 2.02. The molecule has 1 aliphatic heterocycles. The van der Waals surface area contributed by atoms with Gasteiger partial charge in [-0.25, -0.2) is 4.79 Å². The molecule has 1 amide bonds. The molecule has 0 saturated carbocycles. The largest absolute Gasteiger partial charge is 0.465 e. The van der Waals surface area contributed by atoms with E-state index in [0.29, 0.717) is 12.1 Å². The predicted molar refractivity (Wildman–Crippen MR) is 88.3 cm³/mol. The Labute approximate surface area is 137 Å². The standard InChI is InChI=1S/C17H25N3O3/c1-19(2)9-6-8-16(21)18-12-13-11-14(17(22)23-3)15-7-4-5-10-20(13)15/h6,8,11H,4-5,7,9-10,12H2,1-3H3,(H,18,21)/b8-6+. The van der Waals surface area contributed by atoms with E-state index in [1.165, 1.54) is 7.11 Å². The van der Waals surface area contributed by atoms with Crippen LogP contribution in [-0.4, -0.2) is 49.1 Å². The number of likely N-dealkylation sites (N-methyl/N-ethyl adjacent to an activating group) is 1. The summed E-state index contributed by atoms with van der Waals surface area (Å²) >= 11 is 0. The van der Waals surface area contributed by atoms with Gasteiger partial charge in [0, 0.05) is 30.6 Å². The number of carbonyl (C=O) groups is 2. The van der Waals surface area contributed by atoms with Crippen molar-refractivity contribution in [3.05, 3.63) is 35.2 Å². The van der Waals surface area contributed by atoms with Crippen molar-refractivity contribution < 1.29 is 14.3 Å². The first kappa shape index (κ1) is 17.3. The van der Waals surface area contributed by atoms with Gasteiger partial charge in [0.15, 0.2) is 0 Å². The fourth-order valence-corrected chi connectivity index (χ4v) is 2.80. The van der Waals surface area contributed by atoms with Crippen LogP contribution in [0.4, 0.5) is 0 Å². The molecule has 1 aliphatic rings. The molecule has 0 aliphatic carbocycles. The van der Waals surface area contributed by atoms with Crippen LogP contribution in [0.25, 0.3) is 0 Å². The Kier molecular flexibility index (Phi) is 5.98. The molecule has 0 unspecified atom stereocenters. The van der Waals surface area contributed by atoms with Crippen LogP contribution < -0.4 is 5.32 Å². The maximum atomic E-state index is 11.9. The van der Waals surface area contributed by atoms with E-state index < -0.39 is 0 Å². The third-order valence-electron chi connectivity index (χ3n) is 3.93. The smallest absolute Gasteiger partial charge is 0.339 e. The first-order chi connectivity index (χ1) is 11.0. The highest BCUT2D eigenvalue weighted by atomic mass is 16.5. The normalized spacial score (nSPS) is 14.1. The summed E-state index contributed by atoms with van der Waals surface area (Å²) in [7, 11) is 5.29. The van der Waals surface area contributed by atoms with Gasteiger partial charge in [0.2, 0.25) is 5.91 Å². The summed E-state index contributed by atoms with van der Waals surface area (Å²) < 4.78 is 7.00. The number of methoxy groups -OCH3 is 1. The first-order valence-electron chi connectivity index (χ1n) is 7.91. The van der Waals surface area contributed by atoms with Gasteiger partial charge in [-0.3, -0.25) is 4.79 Å².